The second-order valence-electron chi connectivity index (χ2n) is 4.76. The molecule has 4 nitrogen and oxygen atoms in total. The minimum atomic E-state index is 0.219. The van der Waals surface area contributed by atoms with Gasteiger partial charge in [0, 0.05) is 19.3 Å². The average Bonchev–Trinajstić information content (AvgIpc) is 2.36. The third-order valence-electron chi connectivity index (χ3n) is 3.14. The molecule has 0 amide bonds. The molecule has 1 N–H and O–H groups in total. The van der Waals surface area contributed by atoms with Crippen molar-refractivity contribution in [2.45, 2.75) is 58.3 Å². The number of rotatable bonds is 11. The van der Waals surface area contributed by atoms with Gasteiger partial charge in [0.2, 0.25) is 0 Å². The third-order valence-corrected chi connectivity index (χ3v) is 3.14. The van der Waals surface area contributed by atoms with Crippen LogP contribution in [0.1, 0.15) is 40.0 Å². The Bertz CT molecular complexity index is 201. The maximum atomic E-state index is 5.85. The highest BCUT2D eigenvalue weighted by Crippen LogP contribution is 2.27. The SMILES string of the molecule is CCCOCCOC1CC(NCC)C1OCCC. The molecule has 1 fully saturated rings. The maximum Gasteiger partial charge on any atom is 0.0990 e. The molecule has 3 unspecified atom stereocenters. The van der Waals surface area contributed by atoms with E-state index >= 15 is 0 Å². The Hall–Kier alpha value is -0.160. The van der Waals surface area contributed by atoms with Crippen LogP contribution >= 0.6 is 0 Å². The fourth-order valence-electron chi connectivity index (χ4n) is 2.19. The zero-order valence-electron chi connectivity index (χ0n) is 12.1. The van der Waals surface area contributed by atoms with Gasteiger partial charge in [-0.1, -0.05) is 20.8 Å². The summed E-state index contributed by atoms with van der Waals surface area (Å²) in [7, 11) is 0. The van der Waals surface area contributed by atoms with E-state index in [9.17, 15) is 0 Å². The van der Waals surface area contributed by atoms with Crippen molar-refractivity contribution in [3.63, 3.8) is 0 Å². The molecule has 0 aromatic heterocycles. The van der Waals surface area contributed by atoms with Gasteiger partial charge in [0.15, 0.2) is 0 Å². The van der Waals surface area contributed by atoms with E-state index in [4.69, 9.17) is 14.2 Å². The Balaban J connectivity index is 2.15. The minimum Gasteiger partial charge on any atom is -0.379 e. The average molecular weight is 259 g/mol. The van der Waals surface area contributed by atoms with Gasteiger partial charge in [-0.25, -0.2) is 0 Å². The van der Waals surface area contributed by atoms with Gasteiger partial charge in [0.05, 0.1) is 25.4 Å². The highest BCUT2D eigenvalue weighted by Gasteiger charge is 2.42. The van der Waals surface area contributed by atoms with E-state index in [1.807, 2.05) is 0 Å². The number of ether oxygens (including phenoxy) is 3. The lowest BCUT2D eigenvalue weighted by Crippen LogP contribution is -2.60. The molecule has 0 aromatic carbocycles. The van der Waals surface area contributed by atoms with Gasteiger partial charge in [-0.3, -0.25) is 0 Å². The van der Waals surface area contributed by atoms with Crippen molar-refractivity contribution in [3.8, 4) is 0 Å². The predicted molar refractivity (Wildman–Crippen MR) is 73.0 cm³/mol. The second kappa shape index (κ2) is 9.73. The van der Waals surface area contributed by atoms with Crippen LogP contribution in [0, 0.1) is 0 Å². The molecule has 108 valence electrons. The molecular formula is C14H29NO3. The lowest BCUT2D eigenvalue weighted by atomic mass is 9.85. The topological polar surface area (TPSA) is 39.7 Å². The fraction of sp³-hybridized carbons (Fsp3) is 1.00. The first kappa shape index (κ1) is 15.9. The quantitative estimate of drug-likeness (QED) is 0.576. The Labute approximate surface area is 111 Å². The summed E-state index contributed by atoms with van der Waals surface area (Å²) in [5, 5.41) is 3.45. The molecule has 3 atom stereocenters. The molecule has 0 aliphatic heterocycles. The van der Waals surface area contributed by atoms with Crippen LogP contribution in [0.3, 0.4) is 0 Å². The predicted octanol–water partition coefficient (Wildman–Crippen LogP) is 1.98. The third kappa shape index (κ3) is 5.22. The Kier molecular flexibility index (Phi) is 8.59. The van der Waals surface area contributed by atoms with Gasteiger partial charge >= 0.3 is 0 Å². The lowest BCUT2D eigenvalue weighted by molar-refractivity contribution is -0.152. The summed E-state index contributed by atoms with van der Waals surface area (Å²) in [6.07, 6.45) is 3.63. The van der Waals surface area contributed by atoms with Crippen molar-refractivity contribution in [2.75, 3.05) is 33.0 Å². The molecule has 0 radical (unpaired) electrons. The van der Waals surface area contributed by atoms with Crippen LogP contribution in [-0.2, 0) is 14.2 Å². The van der Waals surface area contributed by atoms with E-state index in [0.29, 0.717) is 19.3 Å². The van der Waals surface area contributed by atoms with E-state index in [0.717, 1.165) is 39.0 Å². The van der Waals surface area contributed by atoms with Crippen molar-refractivity contribution in [1.29, 1.82) is 0 Å². The van der Waals surface area contributed by atoms with Crippen LogP contribution in [0.5, 0.6) is 0 Å². The van der Waals surface area contributed by atoms with Crippen molar-refractivity contribution >= 4 is 0 Å². The Morgan fingerprint density at radius 1 is 0.944 bits per heavy atom. The smallest absolute Gasteiger partial charge is 0.0990 e. The molecule has 0 spiro atoms. The molecule has 1 rings (SSSR count). The first-order valence-electron chi connectivity index (χ1n) is 7.37. The van der Waals surface area contributed by atoms with Gasteiger partial charge in [-0.2, -0.15) is 0 Å². The monoisotopic (exact) mass is 259 g/mol. The largest absolute Gasteiger partial charge is 0.379 e. The zero-order valence-corrected chi connectivity index (χ0v) is 12.1. The van der Waals surface area contributed by atoms with Crippen molar-refractivity contribution in [2.24, 2.45) is 0 Å². The van der Waals surface area contributed by atoms with E-state index in [-0.39, 0.29) is 12.2 Å². The summed E-state index contributed by atoms with van der Waals surface area (Å²) in [6.45, 7) is 10.4. The zero-order chi connectivity index (χ0) is 13.2. The lowest BCUT2D eigenvalue weighted by Gasteiger charge is -2.44. The molecule has 18 heavy (non-hydrogen) atoms. The van der Waals surface area contributed by atoms with Crippen LogP contribution in [0.2, 0.25) is 0 Å². The van der Waals surface area contributed by atoms with Crippen LogP contribution in [-0.4, -0.2) is 51.2 Å². The normalized spacial score (nSPS) is 27.2. The molecule has 0 bridgehead atoms. The number of hydrogen-bond donors (Lipinski definition) is 1. The number of hydrogen-bond acceptors (Lipinski definition) is 4. The van der Waals surface area contributed by atoms with Crippen molar-refractivity contribution in [1.82, 2.24) is 5.32 Å². The van der Waals surface area contributed by atoms with Crippen LogP contribution in [0.4, 0.5) is 0 Å². The number of likely N-dealkylation sites (N-methyl/N-ethyl adjacent to an activating group) is 1. The highest BCUT2D eigenvalue weighted by atomic mass is 16.6. The van der Waals surface area contributed by atoms with E-state index in [2.05, 4.69) is 26.1 Å². The second-order valence-corrected chi connectivity index (χ2v) is 4.76. The molecule has 1 saturated carbocycles. The van der Waals surface area contributed by atoms with Crippen molar-refractivity contribution in [3.05, 3.63) is 0 Å². The molecule has 4 heteroatoms. The maximum absolute atomic E-state index is 5.85. The highest BCUT2D eigenvalue weighted by molar-refractivity contribution is 4.97. The van der Waals surface area contributed by atoms with Gasteiger partial charge in [0.25, 0.3) is 0 Å². The molecule has 1 aliphatic rings. The molecule has 0 saturated heterocycles. The van der Waals surface area contributed by atoms with E-state index < -0.39 is 0 Å². The van der Waals surface area contributed by atoms with E-state index in [1.54, 1.807) is 0 Å². The van der Waals surface area contributed by atoms with Crippen molar-refractivity contribution < 1.29 is 14.2 Å². The van der Waals surface area contributed by atoms with Gasteiger partial charge in [0.1, 0.15) is 0 Å². The van der Waals surface area contributed by atoms with Gasteiger partial charge < -0.3 is 19.5 Å². The van der Waals surface area contributed by atoms with Crippen LogP contribution in [0.15, 0.2) is 0 Å². The van der Waals surface area contributed by atoms with E-state index in [1.165, 1.54) is 0 Å². The molecule has 0 aromatic rings. The van der Waals surface area contributed by atoms with Crippen LogP contribution in [0.25, 0.3) is 0 Å². The first-order chi connectivity index (χ1) is 8.83. The summed E-state index contributed by atoms with van der Waals surface area (Å²) in [5.74, 6) is 0. The summed E-state index contributed by atoms with van der Waals surface area (Å²) in [4.78, 5) is 0. The fourth-order valence-corrected chi connectivity index (χ4v) is 2.19. The van der Waals surface area contributed by atoms with Gasteiger partial charge in [-0.05, 0) is 25.8 Å². The first-order valence-corrected chi connectivity index (χ1v) is 7.37. The summed E-state index contributed by atoms with van der Waals surface area (Å²) in [5.41, 5.74) is 0. The van der Waals surface area contributed by atoms with Gasteiger partial charge in [-0.15, -0.1) is 0 Å². The number of nitrogens with one attached hydrogen (secondary N) is 1. The standard InChI is InChI=1S/C14H29NO3/c1-4-7-16-9-10-17-13-11-12(15-6-3)14(13)18-8-5-2/h12-15H,4-11H2,1-3H3. The molecular weight excluding hydrogens is 230 g/mol. The molecule has 0 heterocycles. The minimum absolute atomic E-state index is 0.219. The Morgan fingerprint density at radius 3 is 2.39 bits per heavy atom. The Morgan fingerprint density at radius 2 is 1.72 bits per heavy atom. The summed E-state index contributed by atoms with van der Waals surface area (Å²) < 4.78 is 17.1. The summed E-state index contributed by atoms with van der Waals surface area (Å²) in [6, 6.07) is 0.461. The van der Waals surface area contributed by atoms with Crippen LogP contribution < -0.4 is 5.32 Å². The summed E-state index contributed by atoms with van der Waals surface area (Å²) >= 11 is 0. The molecule has 1 aliphatic carbocycles.